The summed E-state index contributed by atoms with van der Waals surface area (Å²) in [6.45, 7) is 6.85. The van der Waals surface area contributed by atoms with Gasteiger partial charge >= 0.3 is 0 Å². The molecule has 168 valence electrons. The van der Waals surface area contributed by atoms with Gasteiger partial charge in [-0.3, -0.25) is 4.79 Å². The lowest BCUT2D eigenvalue weighted by atomic mass is 9.98. The molecule has 4 aromatic rings. The normalized spacial score (nSPS) is 12.8. The van der Waals surface area contributed by atoms with Crippen LogP contribution in [0.4, 0.5) is 5.82 Å². The van der Waals surface area contributed by atoms with Gasteiger partial charge in [0.2, 0.25) is 5.91 Å². The van der Waals surface area contributed by atoms with E-state index in [9.17, 15) is 4.79 Å². The van der Waals surface area contributed by atoms with Crippen LogP contribution in [0.2, 0.25) is 0 Å². The summed E-state index contributed by atoms with van der Waals surface area (Å²) in [5.41, 5.74) is 5.16. The first kappa shape index (κ1) is 22.4. The Morgan fingerprint density at radius 1 is 0.939 bits per heavy atom. The minimum Gasteiger partial charge on any atom is -0.309 e. The quantitative estimate of drug-likeness (QED) is 0.407. The van der Waals surface area contributed by atoms with Gasteiger partial charge in [-0.05, 0) is 49.1 Å². The van der Waals surface area contributed by atoms with Gasteiger partial charge in [-0.1, -0.05) is 67.1 Å². The zero-order valence-corrected chi connectivity index (χ0v) is 19.2. The maximum Gasteiger partial charge on any atom is 0.247 e. The standard InChI is InChI=1S/C27H29N5O/c1-19-9-11-22(12-10-19)20(2)17-29-26(23-7-5-4-6-8-23)27(33)30-25-14-13-24(18-28-25)32-16-15-21(3)31-32/h4-16,18,20,26,29H,17H2,1-3H3,(H,28,30,33)/t20-,26-/m0/s1. The van der Waals surface area contributed by atoms with Crippen molar-refractivity contribution in [2.24, 2.45) is 0 Å². The van der Waals surface area contributed by atoms with Gasteiger partial charge in [0.25, 0.3) is 0 Å². The monoisotopic (exact) mass is 439 g/mol. The molecular formula is C27H29N5O. The zero-order valence-electron chi connectivity index (χ0n) is 19.2. The lowest BCUT2D eigenvalue weighted by molar-refractivity contribution is -0.118. The number of hydrogen-bond donors (Lipinski definition) is 2. The average Bonchev–Trinajstić information content (AvgIpc) is 3.27. The lowest BCUT2D eigenvalue weighted by Gasteiger charge is -2.21. The van der Waals surface area contributed by atoms with Crippen molar-refractivity contribution in [2.75, 3.05) is 11.9 Å². The summed E-state index contributed by atoms with van der Waals surface area (Å²) in [5, 5.41) is 10.8. The highest BCUT2D eigenvalue weighted by Crippen LogP contribution is 2.20. The Kier molecular flexibility index (Phi) is 6.95. The molecule has 0 bridgehead atoms. The van der Waals surface area contributed by atoms with E-state index in [0.29, 0.717) is 12.4 Å². The molecule has 0 aliphatic carbocycles. The Labute approximate surface area is 194 Å². The van der Waals surface area contributed by atoms with Gasteiger partial charge < -0.3 is 10.6 Å². The molecule has 0 aliphatic heterocycles. The third-order valence-corrected chi connectivity index (χ3v) is 5.66. The summed E-state index contributed by atoms with van der Waals surface area (Å²) in [6, 6.07) is 23.4. The second-order valence-corrected chi connectivity index (χ2v) is 8.36. The number of carbonyl (C=O) groups is 1. The Morgan fingerprint density at radius 2 is 1.70 bits per heavy atom. The summed E-state index contributed by atoms with van der Waals surface area (Å²) in [7, 11) is 0. The third kappa shape index (κ3) is 5.73. The first-order valence-electron chi connectivity index (χ1n) is 11.1. The molecule has 6 nitrogen and oxygen atoms in total. The predicted molar refractivity (Wildman–Crippen MR) is 132 cm³/mol. The Morgan fingerprint density at radius 3 is 2.33 bits per heavy atom. The van der Waals surface area contributed by atoms with E-state index < -0.39 is 6.04 Å². The van der Waals surface area contributed by atoms with Crippen LogP contribution >= 0.6 is 0 Å². The van der Waals surface area contributed by atoms with Gasteiger partial charge in [0.1, 0.15) is 11.9 Å². The average molecular weight is 440 g/mol. The van der Waals surface area contributed by atoms with Crippen LogP contribution in [0.5, 0.6) is 0 Å². The molecule has 2 aromatic heterocycles. The number of nitrogens with zero attached hydrogens (tertiary/aromatic N) is 3. The first-order valence-corrected chi connectivity index (χ1v) is 11.1. The van der Waals surface area contributed by atoms with Crippen molar-refractivity contribution in [1.29, 1.82) is 0 Å². The summed E-state index contributed by atoms with van der Waals surface area (Å²) in [4.78, 5) is 17.6. The lowest BCUT2D eigenvalue weighted by Crippen LogP contribution is -2.35. The van der Waals surface area contributed by atoms with Gasteiger partial charge in [0.05, 0.1) is 17.6 Å². The summed E-state index contributed by atoms with van der Waals surface area (Å²) < 4.78 is 1.76. The van der Waals surface area contributed by atoms with E-state index in [0.717, 1.165) is 16.9 Å². The number of hydrogen-bond acceptors (Lipinski definition) is 4. The molecule has 0 aliphatic rings. The fourth-order valence-corrected chi connectivity index (χ4v) is 3.67. The van der Waals surface area contributed by atoms with Crippen LogP contribution in [-0.2, 0) is 4.79 Å². The van der Waals surface area contributed by atoms with Gasteiger partial charge in [-0.2, -0.15) is 5.10 Å². The van der Waals surface area contributed by atoms with E-state index >= 15 is 0 Å². The highest BCUT2D eigenvalue weighted by molar-refractivity contribution is 5.94. The Balaban J connectivity index is 1.46. The highest BCUT2D eigenvalue weighted by atomic mass is 16.2. The van der Waals surface area contributed by atoms with Crippen molar-refractivity contribution in [2.45, 2.75) is 32.7 Å². The van der Waals surface area contributed by atoms with Crippen LogP contribution in [0.3, 0.4) is 0 Å². The Hall–Kier alpha value is -3.77. The first-order chi connectivity index (χ1) is 16.0. The van der Waals surface area contributed by atoms with Crippen molar-refractivity contribution in [3.63, 3.8) is 0 Å². The number of anilines is 1. The molecule has 2 heterocycles. The number of rotatable bonds is 8. The number of amides is 1. The number of carbonyl (C=O) groups excluding carboxylic acids is 1. The van der Waals surface area contributed by atoms with E-state index in [2.05, 4.69) is 58.8 Å². The zero-order chi connectivity index (χ0) is 23.2. The Bertz CT molecular complexity index is 1180. The van der Waals surface area contributed by atoms with E-state index in [1.54, 1.807) is 16.9 Å². The molecule has 0 spiro atoms. The number of aromatic nitrogens is 3. The van der Waals surface area contributed by atoms with E-state index in [1.165, 1.54) is 11.1 Å². The molecule has 1 amide bonds. The maximum absolute atomic E-state index is 13.2. The van der Waals surface area contributed by atoms with Gasteiger partial charge in [-0.15, -0.1) is 0 Å². The van der Waals surface area contributed by atoms with Crippen LogP contribution < -0.4 is 10.6 Å². The van der Waals surface area contributed by atoms with Crippen molar-refractivity contribution in [3.05, 3.63) is 108 Å². The van der Waals surface area contributed by atoms with Crippen molar-refractivity contribution in [1.82, 2.24) is 20.1 Å². The smallest absolute Gasteiger partial charge is 0.247 e. The minimum atomic E-state index is -0.491. The molecule has 0 unspecified atom stereocenters. The number of benzene rings is 2. The molecule has 0 radical (unpaired) electrons. The SMILES string of the molecule is Cc1ccc([C@@H](C)CN[C@H](C(=O)Nc2ccc(-n3ccc(C)n3)cn2)c2ccccc2)cc1. The van der Waals surface area contributed by atoms with E-state index in [-0.39, 0.29) is 11.8 Å². The molecule has 2 N–H and O–H groups in total. The van der Waals surface area contributed by atoms with Gasteiger partial charge in [0.15, 0.2) is 0 Å². The van der Waals surface area contributed by atoms with Crippen LogP contribution in [0, 0.1) is 13.8 Å². The van der Waals surface area contributed by atoms with Gasteiger partial charge in [-0.25, -0.2) is 9.67 Å². The topological polar surface area (TPSA) is 71.8 Å². The van der Waals surface area contributed by atoms with Crippen LogP contribution in [0.1, 0.15) is 41.3 Å². The largest absolute Gasteiger partial charge is 0.309 e. The van der Waals surface area contributed by atoms with Crippen molar-refractivity contribution in [3.8, 4) is 5.69 Å². The van der Waals surface area contributed by atoms with E-state index in [4.69, 9.17) is 0 Å². The molecule has 0 saturated heterocycles. The number of aryl methyl sites for hydroxylation is 2. The van der Waals surface area contributed by atoms with E-state index in [1.807, 2.05) is 55.6 Å². The number of pyridine rings is 1. The predicted octanol–water partition coefficient (Wildman–Crippen LogP) is 4.96. The molecule has 33 heavy (non-hydrogen) atoms. The molecule has 6 heteroatoms. The highest BCUT2D eigenvalue weighted by Gasteiger charge is 2.21. The van der Waals surface area contributed by atoms with Crippen molar-refractivity contribution < 1.29 is 4.79 Å². The number of nitrogens with one attached hydrogen (secondary N) is 2. The van der Waals surface area contributed by atoms with Gasteiger partial charge in [0, 0.05) is 12.7 Å². The summed E-state index contributed by atoms with van der Waals surface area (Å²) in [6.07, 6.45) is 3.58. The third-order valence-electron chi connectivity index (χ3n) is 5.66. The second kappa shape index (κ2) is 10.2. The molecule has 0 saturated carbocycles. The maximum atomic E-state index is 13.2. The summed E-state index contributed by atoms with van der Waals surface area (Å²) >= 11 is 0. The second-order valence-electron chi connectivity index (χ2n) is 8.36. The molecule has 0 fully saturated rings. The van der Waals surface area contributed by atoms with Crippen LogP contribution in [-0.4, -0.2) is 27.2 Å². The molecular weight excluding hydrogens is 410 g/mol. The molecule has 2 atom stereocenters. The fourth-order valence-electron chi connectivity index (χ4n) is 3.67. The molecule has 4 rings (SSSR count). The molecule has 2 aromatic carbocycles. The fraction of sp³-hybridized carbons (Fsp3) is 0.222. The summed E-state index contributed by atoms with van der Waals surface area (Å²) in [5.74, 6) is 0.619. The minimum absolute atomic E-state index is 0.146. The van der Waals surface area contributed by atoms with Crippen LogP contribution in [0.25, 0.3) is 5.69 Å². The van der Waals surface area contributed by atoms with Crippen LogP contribution in [0.15, 0.2) is 85.2 Å². The van der Waals surface area contributed by atoms with Crippen molar-refractivity contribution >= 4 is 11.7 Å².